The highest BCUT2D eigenvalue weighted by Crippen LogP contribution is 2.43. The number of hydrogen-bond acceptors (Lipinski definition) is 8. The quantitative estimate of drug-likeness (QED) is 0.471. The Morgan fingerprint density at radius 3 is 2.88 bits per heavy atom. The maximum Gasteiger partial charge on any atom is 0.261 e. The monoisotopic (exact) mass is 482 g/mol. The van der Waals surface area contributed by atoms with Gasteiger partial charge in [-0.15, -0.1) is 23.1 Å². The van der Waals surface area contributed by atoms with Gasteiger partial charge in [-0.05, 0) is 35.4 Å². The lowest BCUT2D eigenvalue weighted by Gasteiger charge is -2.26. The van der Waals surface area contributed by atoms with Gasteiger partial charge in [0.05, 0.1) is 18.1 Å². The van der Waals surface area contributed by atoms with Crippen molar-refractivity contribution in [2.75, 3.05) is 44.3 Å². The number of benzene rings is 1. The number of aromatic nitrogens is 1. The minimum atomic E-state index is -0.0123. The molecule has 1 atom stereocenters. The number of carbonyl (C=O) groups is 1. The Morgan fingerprint density at radius 2 is 2.03 bits per heavy atom. The lowest BCUT2D eigenvalue weighted by atomic mass is 10.1. The normalized spacial score (nSPS) is 18.7. The summed E-state index contributed by atoms with van der Waals surface area (Å²) in [4.78, 5) is 17.8. The molecule has 1 saturated heterocycles. The van der Waals surface area contributed by atoms with Gasteiger partial charge in [0.15, 0.2) is 0 Å². The van der Waals surface area contributed by atoms with Gasteiger partial charge in [0.2, 0.25) is 5.88 Å². The van der Waals surface area contributed by atoms with Crippen LogP contribution in [0, 0.1) is 0 Å². The zero-order valence-corrected chi connectivity index (χ0v) is 19.8. The molecule has 0 radical (unpaired) electrons. The molecule has 0 saturated carbocycles. The van der Waals surface area contributed by atoms with E-state index in [4.69, 9.17) is 9.26 Å². The third-order valence-corrected chi connectivity index (χ3v) is 7.66. The van der Waals surface area contributed by atoms with Gasteiger partial charge in [-0.3, -0.25) is 14.6 Å². The molecule has 0 spiro atoms. The van der Waals surface area contributed by atoms with Crippen molar-refractivity contribution in [1.82, 2.24) is 15.4 Å². The molecule has 3 aromatic rings. The van der Waals surface area contributed by atoms with Crippen LogP contribution in [0.3, 0.4) is 0 Å². The fourth-order valence-electron chi connectivity index (χ4n) is 3.90. The Kier molecular flexibility index (Phi) is 7.11. The van der Waals surface area contributed by atoms with Crippen LogP contribution >= 0.6 is 23.1 Å². The molecule has 1 unspecified atom stereocenters. The molecule has 4 heterocycles. The predicted molar refractivity (Wildman–Crippen MR) is 132 cm³/mol. The minimum absolute atomic E-state index is 0.0123. The first-order valence-electron chi connectivity index (χ1n) is 11.1. The number of morpholine rings is 1. The maximum absolute atomic E-state index is 12.6. The zero-order valence-electron chi connectivity index (χ0n) is 18.2. The second-order valence-electron chi connectivity index (χ2n) is 7.91. The molecule has 172 valence electrons. The van der Waals surface area contributed by atoms with E-state index in [1.807, 2.05) is 54.1 Å². The molecule has 1 aromatic carbocycles. The van der Waals surface area contributed by atoms with Crippen molar-refractivity contribution in [3.63, 3.8) is 0 Å². The van der Waals surface area contributed by atoms with Gasteiger partial charge in [-0.25, -0.2) is 0 Å². The summed E-state index contributed by atoms with van der Waals surface area (Å²) in [7, 11) is 0. The van der Waals surface area contributed by atoms with E-state index in [1.165, 1.54) is 11.3 Å². The molecular weight excluding hydrogens is 456 g/mol. The van der Waals surface area contributed by atoms with Gasteiger partial charge in [0.1, 0.15) is 11.1 Å². The van der Waals surface area contributed by atoms with E-state index in [1.54, 1.807) is 11.8 Å². The fourth-order valence-corrected chi connectivity index (χ4v) is 5.77. The Morgan fingerprint density at radius 1 is 1.18 bits per heavy atom. The largest absolute Gasteiger partial charge is 0.379 e. The third kappa shape index (κ3) is 5.33. The number of thioether (sulfide) groups is 1. The summed E-state index contributed by atoms with van der Waals surface area (Å²) in [6, 6.07) is 13.9. The second-order valence-corrected chi connectivity index (χ2v) is 9.81. The Balaban J connectivity index is 1.18. The average molecular weight is 483 g/mol. The summed E-state index contributed by atoms with van der Waals surface area (Å²) in [6.45, 7) is 5.22. The highest BCUT2D eigenvalue weighted by molar-refractivity contribution is 8.02. The van der Waals surface area contributed by atoms with Crippen molar-refractivity contribution in [3.8, 4) is 11.3 Å². The van der Waals surface area contributed by atoms with Crippen LogP contribution in [0.1, 0.15) is 27.0 Å². The van der Waals surface area contributed by atoms with Gasteiger partial charge in [-0.2, -0.15) is 0 Å². The first kappa shape index (κ1) is 22.2. The zero-order chi connectivity index (χ0) is 22.5. The third-order valence-electron chi connectivity index (χ3n) is 5.67. The molecule has 0 bridgehead atoms. The molecule has 7 nitrogen and oxygen atoms in total. The summed E-state index contributed by atoms with van der Waals surface area (Å²) < 4.78 is 11.0. The molecule has 5 rings (SSSR count). The summed E-state index contributed by atoms with van der Waals surface area (Å²) in [6.07, 6.45) is 2.93. The Hall–Kier alpha value is -2.59. The van der Waals surface area contributed by atoms with Gasteiger partial charge < -0.3 is 14.6 Å². The lowest BCUT2D eigenvalue weighted by molar-refractivity contribution is 0.0374. The van der Waals surface area contributed by atoms with Crippen LogP contribution in [0.4, 0.5) is 5.88 Å². The predicted octanol–water partition coefficient (Wildman–Crippen LogP) is 4.58. The molecular formula is C24H26N4O3S2. The summed E-state index contributed by atoms with van der Waals surface area (Å²) in [5, 5.41) is 11.4. The van der Waals surface area contributed by atoms with E-state index >= 15 is 0 Å². The van der Waals surface area contributed by atoms with E-state index in [-0.39, 0.29) is 11.3 Å². The molecule has 2 aromatic heterocycles. The minimum Gasteiger partial charge on any atom is -0.379 e. The molecule has 1 N–H and O–H groups in total. The van der Waals surface area contributed by atoms with E-state index < -0.39 is 0 Å². The van der Waals surface area contributed by atoms with Crippen molar-refractivity contribution < 1.29 is 14.1 Å². The molecule has 1 fully saturated rings. The van der Waals surface area contributed by atoms with Crippen LogP contribution in [0.15, 0.2) is 64.0 Å². The SMILES string of the molecule is O=C(NCCCN1CCOCC1)c1cc(C2SC=CN2c2cc(-c3ccccc3)no2)cs1. The molecule has 1 amide bonds. The number of nitrogens with one attached hydrogen (secondary N) is 1. The number of thiophene rings is 1. The molecule has 0 aliphatic carbocycles. The number of rotatable bonds is 8. The van der Waals surface area contributed by atoms with Crippen LogP contribution in [0.2, 0.25) is 0 Å². The fraction of sp³-hybridized carbons (Fsp3) is 0.333. The van der Waals surface area contributed by atoms with Crippen molar-refractivity contribution in [1.29, 1.82) is 0 Å². The molecule has 2 aliphatic rings. The van der Waals surface area contributed by atoms with Crippen LogP contribution in [0.5, 0.6) is 0 Å². The topological polar surface area (TPSA) is 70.8 Å². The van der Waals surface area contributed by atoms with Crippen LogP contribution in [-0.4, -0.2) is 55.4 Å². The summed E-state index contributed by atoms with van der Waals surface area (Å²) in [5.74, 6) is 0.669. The smallest absolute Gasteiger partial charge is 0.261 e. The Labute approximate surface area is 201 Å². The van der Waals surface area contributed by atoms with Gasteiger partial charge >= 0.3 is 0 Å². The van der Waals surface area contributed by atoms with Crippen molar-refractivity contribution >= 4 is 34.9 Å². The van der Waals surface area contributed by atoms with E-state index in [2.05, 4.69) is 25.7 Å². The van der Waals surface area contributed by atoms with Crippen LogP contribution < -0.4 is 10.2 Å². The van der Waals surface area contributed by atoms with Gasteiger partial charge in [-0.1, -0.05) is 35.5 Å². The first-order chi connectivity index (χ1) is 16.3. The van der Waals surface area contributed by atoms with E-state index in [0.717, 1.165) is 61.0 Å². The molecule has 33 heavy (non-hydrogen) atoms. The molecule has 9 heteroatoms. The lowest BCUT2D eigenvalue weighted by Crippen LogP contribution is -2.38. The number of amides is 1. The average Bonchev–Trinajstić information content (AvgIpc) is 3.62. The number of anilines is 1. The van der Waals surface area contributed by atoms with E-state index in [0.29, 0.717) is 12.4 Å². The van der Waals surface area contributed by atoms with Crippen molar-refractivity contribution in [2.45, 2.75) is 11.8 Å². The van der Waals surface area contributed by atoms with Crippen LogP contribution in [0.25, 0.3) is 11.3 Å². The second kappa shape index (κ2) is 10.6. The number of carbonyl (C=O) groups excluding carboxylic acids is 1. The van der Waals surface area contributed by atoms with Gasteiger partial charge in [0.25, 0.3) is 5.91 Å². The molecule has 2 aliphatic heterocycles. The van der Waals surface area contributed by atoms with Crippen LogP contribution in [-0.2, 0) is 4.74 Å². The number of hydrogen-bond donors (Lipinski definition) is 1. The number of nitrogens with zero attached hydrogens (tertiary/aromatic N) is 3. The highest BCUT2D eigenvalue weighted by atomic mass is 32.2. The highest BCUT2D eigenvalue weighted by Gasteiger charge is 2.28. The van der Waals surface area contributed by atoms with E-state index in [9.17, 15) is 4.79 Å². The van der Waals surface area contributed by atoms with Crippen molar-refractivity contribution in [2.24, 2.45) is 0 Å². The maximum atomic E-state index is 12.6. The summed E-state index contributed by atoms with van der Waals surface area (Å²) >= 11 is 3.16. The summed E-state index contributed by atoms with van der Waals surface area (Å²) in [5.41, 5.74) is 2.89. The number of ether oxygens (including phenoxy) is 1. The standard InChI is InChI=1S/C24H26N4O3S2/c29-23(25-7-4-8-27-9-12-30-13-10-27)21-15-19(17-33-21)24-28(11-14-32-24)22-16-20(26-31-22)18-5-2-1-3-6-18/h1-3,5-6,11,14-17,24H,4,7-10,12-13H2,(H,25,29). The first-order valence-corrected chi connectivity index (χ1v) is 12.9. The Bertz CT molecular complexity index is 1090. The van der Waals surface area contributed by atoms with Crippen molar-refractivity contribution in [3.05, 3.63) is 69.9 Å². The van der Waals surface area contributed by atoms with Gasteiger partial charge in [0, 0.05) is 37.5 Å².